The predicted octanol–water partition coefficient (Wildman–Crippen LogP) is 4.51. The molecule has 1 aliphatic rings. The van der Waals surface area contributed by atoms with Crippen LogP contribution in [0.25, 0.3) is 0 Å². The number of aromatic nitrogens is 2. The molecule has 2 rings (SSSR count). The summed E-state index contributed by atoms with van der Waals surface area (Å²) in [4.78, 5) is 25.5. The van der Waals surface area contributed by atoms with Crippen LogP contribution in [0.5, 0.6) is 6.01 Å². The van der Waals surface area contributed by atoms with Gasteiger partial charge in [-0.3, -0.25) is 9.69 Å². The summed E-state index contributed by atoms with van der Waals surface area (Å²) in [5, 5.41) is 2.88. The first-order chi connectivity index (χ1) is 14.8. The van der Waals surface area contributed by atoms with E-state index in [9.17, 15) is 4.79 Å². The molecule has 174 valence electrons. The van der Waals surface area contributed by atoms with Gasteiger partial charge in [0.2, 0.25) is 5.91 Å². The first kappa shape index (κ1) is 25.1. The largest absolute Gasteiger partial charge is 0.463 e. The number of hydrogen-bond acceptors (Lipinski definition) is 6. The molecule has 0 aromatic carbocycles. The molecule has 7 nitrogen and oxygen atoms in total. The van der Waals surface area contributed by atoms with E-state index < -0.39 is 0 Å². The SMILES string of the molecule is CCCCOc1ncc(NC(C)=O)c(N(CC(C)/C=C(\C)CN2CCCC2)C(C)C)n1. The molecule has 1 aromatic heterocycles. The van der Waals surface area contributed by atoms with Crippen molar-refractivity contribution in [2.24, 2.45) is 5.92 Å². The topological polar surface area (TPSA) is 70.6 Å². The van der Waals surface area contributed by atoms with Crippen LogP contribution in [0.2, 0.25) is 0 Å². The van der Waals surface area contributed by atoms with Crippen molar-refractivity contribution in [3.8, 4) is 6.01 Å². The third-order valence-corrected chi connectivity index (χ3v) is 5.41. The number of carbonyl (C=O) groups is 1. The van der Waals surface area contributed by atoms with Crippen LogP contribution in [0, 0.1) is 5.92 Å². The van der Waals surface area contributed by atoms with Gasteiger partial charge in [0, 0.05) is 26.1 Å². The summed E-state index contributed by atoms with van der Waals surface area (Å²) in [6.45, 7) is 17.2. The lowest BCUT2D eigenvalue weighted by molar-refractivity contribution is -0.114. The molecule has 7 heteroatoms. The van der Waals surface area contributed by atoms with Crippen molar-refractivity contribution in [1.29, 1.82) is 0 Å². The number of nitrogens with one attached hydrogen (secondary N) is 1. The Morgan fingerprint density at radius 2 is 2.00 bits per heavy atom. The molecule has 1 aliphatic heterocycles. The zero-order valence-corrected chi connectivity index (χ0v) is 20.3. The predicted molar refractivity (Wildman–Crippen MR) is 128 cm³/mol. The van der Waals surface area contributed by atoms with E-state index >= 15 is 0 Å². The van der Waals surface area contributed by atoms with E-state index in [4.69, 9.17) is 4.74 Å². The van der Waals surface area contributed by atoms with Gasteiger partial charge in [0.15, 0.2) is 5.82 Å². The summed E-state index contributed by atoms with van der Waals surface area (Å²) >= 11 is 0. The van der Waals surface area contributed by atoms with Crippen molar-refractivity contribution < 1.29 is 9.53 Å². The highest BCUT2D eigenvalue weighted by Crippen LogP contribution is 2.28. The van der Waals surface area contributed by atoms with Crippen LogP contribution in [-0.4, -0.2) is 59.6 Å². The number of rotatable bonds is 12. The first-order valence-corrected chi connectivity index (χ1v) is 11.7. The molecule has 1 unspecified atom stereocenters. The first-order valence-electron chi connectivity index (χ1n) is 11.7. The molecule has 1 amide bonds. The van der Waals surface area contributed by atoms with Crippen molar-refractivity contribution in [3.05, 3.63) is 17.8 Å². The zero-order chi connectivity index (χ0) is 22.8. The van der Waals surface area contributed by atoms with Crippen molar-refractivity contribution in [3.63, 3.8) is 0 Å². The number of unbranched alkanes of at least 4 members (excludes halogenated alkanes) is 1. The second-order valence-electron chi connectivity index (χ2n) is 8.99. The van der Waals surface area contributed by atoms with Crippen LogP contribution in [0.3, 0.4) is 0 Å². The maximum Gasteiger partial charge on any atom is 0.318 e. The molecule has 0 saturated carbocycles. The monoisotopic (exact) mass is 431 g/mol. The summed E-state index contributed by atoms with van der Waals surface area (Å²) in [5.41, 5.74) is 2.03. The molecule has 1 N–H and O–H groups in total. The van der Waals surface area contributed by atoms with Crippen LogP contribution in [0.4, 0.5) is 11.5 Å². The minimum Gasteiger partial charge on any atom is -0.463 e. The smallest absolute Gasteiger partial charge is 0.318 e. The summed E-state index contributed by atoms with van der Waals surface area (Å²) in [6.07, 6.45) is 8.65. The van der Waals surface area contributed by atoms with Crippen LogP contribution >= 0.6 is 0 Å². The Kier molecular flexibility index (Phi) is 10.2. The molecule has 2 heterocycles. The summed E-state index contributed by atoms with van der Waals surface area (Å²) in [7, 11) is 0. The van der Waals surface area contributed by atoms with Crippen LogP contribution < -0.4 is 15.0 Å². The highest BCUT2D eigenvalue weighted by atomic mass is 16.5. The van der Waals surface area contributed by atoms with E-state index in [0.29, 0.717) is 30.0 Å². The molecule has 1 aromatic rings. The molecule has 31 heavy (non-hydrogen) atoms. The molecule has 0 spiro atoms. The summed E-state index contributed by atoms with van der Waals surface area (Å²) < 4.78 is 5.74. The Morgan fingerprint density at radius 1 is 1.29 bits per heavy atom. The van der Waals surface area contributed by atoms with E-state index in [1.54, 1.807) is 6.20 Å². The van der Waals surface area contributed by atoms with Gasteiger partial charge < -0.3 is 15.0 Å². The van der Waals surface area contributed by atoms with E-state index in [2.05, 4.69) is 65.8 Å². The molecule has 1 saturated heterocycles. The second-order valence-corrected chi connectivity index (χ2v) is 8.99. The Balaban J connectivity index is 2.19. The van der Waals surface area contributed by atoms with Gasteiger partial charge in [-0.15, -0.1) is 0 Å². The van der Waals surface area contributed by atoms with Gasteiger partial charge >= 0.3 is 6.01 Å². The third-order valence-electron chi connectivity index (χ3n) is 5.41. The van der Waals surface area contributed by atoms with Crippen molar-refractivity contribution in [2.75, 3.05) is 43.0 Å². The van der Waals surface area contributed by atoms with Crippen LogP contribution in [-0.2, 0) is 4.79 Å². The third kappa shape index (κ3) is 8.48. The lowest BCUT2D eigenvalue weighted by Gasteiger charge is -2.31. The summed E-state index contributed by atoms with van der Waals surface area (Å²) in [6, 6.07) is 0.567. The molecule has 0 bridgehead atoms. The fraction of sp³-hybridized carbons (Fsp3) is 0.708. The zero-order valence-electron chi connectivity index (χ0n) is 20.3. The average molecular weight is 432 g/mol. The minimum atomic E-state index is -0.136. The van der Waals surface area contributed by atoms with E-state index in [-0.39, 0.29) is 11.9 Å². The lowest BCUT2D eigenvalue weighted by Crippen LogP contribution is -2.36. The van der Waals surface area contributed by atoms with Gasteiger partial charge in [-0.2, -0.15) is 4.98 Å². The maximum absolute atomic E-state index is 11.8. The Bertz CT molecular complexity index is 729. The number of likely N-dealkylation sites (tertiary alicyclic amines) is 1. The highest BCUT2D eigenvalue weighted by Gasteiger charge is 2.21. The van der Waals surface area contributed by atoms with Gasteiger partial charge in [-0.1, -0.05) is 31.9 Å². The van der Waals surface area contributed by atoms with Crippen molar-refractivity contribution >= 4 is 17.4 Å². The van der Waals surface area contributed by atoms with Crippen molar-refractivity contribution in [1.82, 2.24) is 14.9 Å². The number of anilines is 2. The molecule has 0 aliphatic carbocycles. The van der Waals surface area contributed by atoms with Gasteiger partial charge in [0.25, 0.3) is 0 Å². The van der Waals surface area contributed by atoms with Gasteiger partial charge in [0.1, 0.15) is 5.69 Å². The fourth-order valence-corrected chi connectivity index (χ4v) is 3.97. The molecular formula is C24H41N5O2. The average Bonchev–Trinajstić information content (AvgIpc) is 3.19. The Morgan fingerprint density at radius 3 is 2.61 bits per heavy atom. The van der Waals surface area contributed by atoms with E-state index in [1.807, 2.05) is 0 Å². The number of hydrogen-bond donors (Lipinski definition) is 1. The molecular weight excluding hydrogens is 390 g/mol. The number of ether oxygens (including phenoxy) is 1. The Hall–Kier alpha value is -2.15. The number of nitrogens with zero attached hydrogens (tertiary/aromatic N) is 4. The van der Waals surface area contributed by atoms with Crippen LogP contribution in [0.1, 0.15) is 67.2 Å². The Labute approximate surface area is 188 Å². The molecule has 1 atom stereocenters. The quantitative estimate of drug-likeness (QED) is 0.388. The van der Waals surface area contributed by atoms with Crippen molar-refractivity contribution in [2.45, 2.75) is 73.3 Å². The standard InChI is InChI=1S/C24H41N5O2/c1-7-8-13-31-24-25-15-22(26-21(6)30)23(27-24)29(18(2)3)17-20(5)14-19(4)16-28-11-9-10-12-28/h14-15,18,20H,7-13,16-17H2,1-6H3,(H,26,30)/b19-14+. The van der Waals surface area contributed by atoms with Gasteiger partial charge in [-0.25, -0.2) is 4.98 Å². The van der Waals surface area contributed by atoms with Crippen LogP contribution in [0.15, 0.2) is 17.8 Å². The maximum atomic E-state index is 11.8. The second kappa shape index (κ2) is 12.6. The summed E-state index contributed by atoms with van der Waals surface area (Å²) in [5.74, 6) is 0.918. The lowest BCUT2D eigenvalue weighted by atomic mass is 10.1. The minimum absolute atomic E-state index is 0.136. The van der Waals surface area contributed by atoms with E-state index in [1.165, 1.54) is 38.4 Å². The molecule has 0 radical (unpaired) electrons. The number of carbonyl (C=O) groups excluding carboxylic acids is 1. The van der Waals surface area contributed by atoms with Gasteiger partial charge in [-0.05, 0) is 59.0 Å². The van der Waals surface area contributed by atoms with Gasteiger partial charge in [0.05, 0.1) is 12.8 Å². The van der Waals surface area contributed by atoms with E-state index in [0.717, 1.165) is 25.9 Å². The molecule has 1 fully saturated rings. The number of amides is 1. The fourth-order valence-electron chi connectivity index (χ4n) is 3.97. The normalized spacial score (nSPS) is 15.9. The highest BCUT2D eigenvalue weighted by molar-refractivity contribution is 5.91.